The largest absolute Gasteiger partial charge is 0.421 e. The van der Waals surface area contributed by atoms with Crippen LogP contribution in [0, 0.1) is 11.5 Å². The van der Waals surface area contributed by atoms with Crippen LogP contribution in [0.25, 0.3) is 0 Å². The van der Waals surface area contributed by atoms with Gasteiger partial charge < -0.3 is 4.74 Å². The van der Waals surface area contributed by atoms with Crippen LogP contribution in [0.2, 0.25) is 19.6 Å². The Bertz CT molecular complexity index is 377. The minimum absolute atomic E-state index is 0.349. The molecular formula is C10H11BrO2Si. The van der Waals surface area contributed by atoms with Gasteiger partial charge in [0.25, 0.3) is 0 Å². The van der Waals surface area contributed by atoms with Gasteiger partial charge in [-0.15, -0.1) is 5.54 Å². The van der Waals surface area contributed by atoms with Crippen molar-refractivity contribution in [2.45, 2.75) is 19.6 Å². The number of halogens is 1. The molecule has 0 fully saturated rings. The average molecular weight is 271 g/mol. The maximum absolute atomic E-state index is 10.8. The number of rotatable bonds is 0. The summed E-state index contributed by atoms with van der Waals surface area (Å²) in [5, 5.41) is 0. The van der Waals surface area contributed by atoms with Crippen molar-refractivity contribution in [1.82, 2.24) is 0 Å². The molecule has 2 nitrogen and oxygen atoms in total. The van der Waals surface area contributed by atoms with Crippen LogP contribution in [0.5, 0.6) is 0 Å². The molecule has 0 N–H and O–H groups in total. The molecule has 0 aromatic carbocycles. The van der Waals surface area contributed by atoms with Crippen molar-refractivity contribution in [3.05, 3.63) is 22.4 Å². The molecule has 0 aromatic rings. The van der Waals surface area contributed by atoms with Gasteiger partial charge in [0.15, 0.2) is 5.76 Å². The van der Waals surface area contributed by atoms with Crippen molar-refractivity contribution < 1.29 is 9.53 Å². The Kier molecular flexibility index (Phi) is 3.35. The van der Waals surface area contributed by atoms with Crippen LogP contribution >= 0.6 is 15.9 Å². The highest BCUT2D eigenvalue weighted by Gasteiger charge is 2.16. The highest BCUT2D eigenvalue weighted by atomic mass is 79.9. The highest BCUT2D eigenvalue weighted by Crippen LogP contribution is 2.24. The fourth-order valence-corrected chi connectivity index (χ4v) is 1.67. The van der Waals surface area contributed by atoms with Crippen LogP contribution in [-0.4, -0.2) is 14.0 Å². The normalized spacial score (nSPS) is 18.7. The van der Waals surface area contributed by atoms with Gasteiger partial charge in [-0.25, -0.2) is 4.79 Å². The summed E-state index contributed by atoms with van der Waals surface area (Å²) in [5.41, 5.74) is 3.16. The van der Waals surface area contributed by atoms with Crippen molar-refractivity contribution in [2.24, 2.45) is 0 Å². The van der Waals surface area contributed by atoms with Gasteiger partial charge in [-0.05, 0) is 15.9 Å². The van der Waals surface area contributed by atoms with Crippen molar-refractivity contribution in [3.8, 4) is 11.5 Å². The Morgan fingerprint density at radius 2 is 2.14 bits per heavy atom. The van der Waals surface area contributed by atoms with Crippen molar-refractivity contribution in [3.63, 3.8) is 0 Å². The summed E-state index contributed by atoms with van der Waals surface area (Å²) < 4.78 is 5.54. The van der Waals surface area contributed by atoms with E-state index >= 15 is 0 Å². The molecule has 0 bridgehead atoms. The van der Waals surface area contributed by atoms with Gasteiger partial charge in [0.1, 0.15) is 8.07 Å². The fraction of sp³-hybridized carbons (Fsp3) is 0.300. The molecule has 0 aliphatic carbocycles. The molecule has 0 amide bonds. The molecule has 1 aliphatic rings. The van der Waals surface area contributed by atoms with E-state index < -0.39 is 8.07 Å². The van der Waals surface area contributed by atoms with E-state index in [1.54, 1.807) is 6.08 Å². The quantitative estimate of drug-likeness (QED) is 0.384. The van der Waals surface area contributed by atoms with Crippen molar-refractivity contribution in [1.29, 1.82) is 0 Å². The number of hydrogen-bond donors (Lipinski definition) is 0. The Labute approximate surface area is 93.2 Å². The van der Waals surface area contributed by atoms with E-state index in [0.717, 1.165) is 0 Å². The molecule has 1 rings (SSSR count). The van der Waals surface area contributed by atoms with E-state index in [1.807, 2.05) is 0 Å². The van der Waals surface area contributed by atoms with E-state index in [2.05, 4.69) is 47.0 Å². The van der Waals surface area contributed by atoms with Gasteiger partial charge in [0, 0.05) is 12.2 Å². The van der Waals surface area contributed by atoms with Crippen LogP contribution in [-0.2, 0) is 9.53 Å². The molecule has 0 aromatic heterocycles. The summed E-state index contributed by atoms with van der Waals surface area (Å²) in [7, 11) is -1.35. The molecule has 0 saturated heterocycles. The van der Waals surface area contributed by atoms with Crippen molar-refractivity contribution >= 4 is 30.0 Å². The molecule has 1 aliphatic heterocycles. The Morgan fingerprint density at radius 1 is 1.50 bits per heavy atom. The summed E-state index contributed by atoms with van der Waals surface area (Å²) in [6, 6.07) is 0. The Balaban J connectivity index is 2.76. The van der Waals surface area contributed by atoms with Crippen LogP contribution in [0.4, 0.5) is 0 Å². The summed E-state index contributed by atoms with van der Waals surface area (Å²) >= 11 is 3.22. The second kappa shape index (κ2) is 4.16. The van der Waals surface area contributed by atoms with E-state index in [4.69, 9.17) is 4.74 Å². The maximum Gasteiger partial charge on any atom is 0.337 e. The zero-order valence-electron chi connectivity index (χ0n) is 8.35. The second-order valence-electron chi connectivity index (χ2n) is 3.94. The van der Waals surface area contributed by atoms with Crippen LogP contribution < -0.4 is 0 Å². The number of cyclic esters (lactones) is 1. The molecule has 74 valence electrons. The van der Waals surface area contributed by atoms with Crippen LogP contribution in [0.3, 0.4) is 0 Å². The molecule has 0 atom stereocenters. The minimum Gasteiger partial charge on any atom is -0.421 e. The molecule has 0 radical (unpaired) electrons. The van der Waals surface area contributed by atoms with Crippen LogP contribution in [0.1, 0.15) is 0 Å². The van der Waals surface area contributed by atoms with Gasteiger partial charge >= 0.3 is 5.97 Å². The summed E-state index contributed by atoms with van der Waals surface area (Å²) in [6.45, 7) is 6.47. The molecule has 0 unspecified atom stereocenters. The molecular weight excluding hydrogens is 260 g/mol. The second-order valence-corrected chi connectivity index (χ2v) is 9.55. The Hall–Kier alpha value is -0.793. The number of esters is 1. The molecule has 14 heavy (non-hydrogen) atoms. The van der Waals surface area contributed by atoms with E-state index in [9.17, 15) is 4.79 Å². The standard InChI is InChI=1S/C10H11BrO2Si/c1-14(2,3)6-4-5-9-8(11)7-10(12)13-9/h5,7H,1-3H3/b9-5-. The number of carbonyl (C=O) groups is 1. The number of hydrogen-bond acceptors (Lipinski definition) is 2. The smallest absolute Gasteiger partial charge is 0.337 e. The zero-order chi connectivity index (χ0) is 10.8. The zero-order valence-corrected chi connectivity index (χ0v) is 10.9. The first kappa shape index (κ1) is 11.3. The lowest BCUT2D eigenvalue weighted by molar-refractivity contribution is -0.132. The lowest BCUT2D eigenvalue weighted by atomic mass is 10.4. The SMILES string of the molecule is C[Si](C)(C)C#C/C=C1\OC(=O)C=C1Br. The fourth-order valence-electron chi connectivity index (χ4n) is 0.778. The van der Waals surface area contributed by atoms with Crippen LogP contribution in [0.15, 0.2) is 22.4 Å². The average Bonchev–Trinajstić information content (AvgIpc) is 2.27. The highest BCUT2D eigenvalue weighted by molar-refractivity contribution is 9.12. The van der Waals surface area contributed by atoms with Gasteiger partial charge in [0.2, 0.25) is 0 Å². The summed E-state index contributed by atoms with van der Waals surface area (Å²) in [5.74, 6) is 3.07. The number of carbonyl (C=O) groups excluding carboxylic acids is 1. The minimum atomic E-state index is -1.35. The number of ether oxygens (including phenoxy) is 1. The van der Waals surface area contributed by atoms with Gasteiger partial charge in [-0.2, -0.15) is 0 Å². The first-order chi connectivity index (χ1) is 6.38. The van der Waals surface area contributed by atoms with E-state index in [0.29, 0.717) is 10.2 Å². The first-order valence-corrected chi connectivity index (χ1v) is 8.50. The molecule has 4 heteroatoms. The lowest BCUT2D eigenvalue weighted by Gasteiger charge is -2.02. The van der Waals surface area contributed by atoms with Gasteiger partial charge in [-0.1, -0.05) is 25.6 Å². The van der Waals surface area contributed by atoms with Gasteiger partial charge in [0.05, 0.1) is 4.48 Å². The number of allylic oxidation sites excluding steroid dienone is 2. The van der Waals surface area contributed by atoms with Gasteiger partial charge in [-0.3, -0.25) is 0 Å². The molecule has 0 saturated carbocycles. The first-order valence-electron chi connectivity index (χ1n) is 4.21. The molecule has 1 heterocycles. The predicted molar refractivity (Wildman–Crippen MR) is 62.3 cm³/mol. The van der Waals surface area contributed by atoms with Crippen molar-refractivity contribution in [2.75, 3.05) is 0 Å². The summed E-state index contributed by atoms with van der Waals surface area (Å²) in [4.78, 5) is 10.8. The lowest BCUT2D eigenvalue weighted by Crippen LogP contribution is -2.16. The van der Waals surface area contributed by atoms with E-state index in [-0.39, 0.29) is 5.97 Å². The predicted octanol–water partition coefficient (Wildman–Crippen LogP) is 2.59. The molecule has 0 spiro atoms. The van der Waals surface area contributed by atoms with E-state index in [1.165, 1.54) is 6.08 Å². The Morgan fingerprint density at radius 3 is 2.57 bits per heavy atom. The third kappa shape index (κ3) is 3.52. The third-order valence-corrected chi connectivity index (χ3v) is 2.85. The summed E-state index contributed by atoms with van der Waals surface area (Å²) in [6.07, 6.45) is 3.02. The third-order valence-electron chi connectivity index (χ3n) is 1.34. The topological polar surface area (TPSA) is 26.3 Å². The monoisotopic (exact) mass is 270 g/mol. The maximum atomic E-state index is 10.8.